The van der Waals surface area contributed by atoms with Crippen molar-refractivity contribution in [2.24, 2.45) is 4.99 Å². The molecule has 0 aliphatic carbocycles. The summed E-state index contributed by atoms with van der Waals surface area (Å²) in [5.74, 6) is -0.699. The minimum Gasteiger partial charge on any atom is -0.467 e. The number of rotatable bonds is 4. The molecule has 7 heteroatoms. The maximum absolute atomic E-state index is 12.7. The third-order valence-electron chi connectivity index (χ3n) is 4.26. The lowest BCUT2D eigenvalue weighted by molar-refractivity contribution is -0.144. The molecule has 0 fully saturated rings. The summed E-state index contributed by atoms with van der Waals surface area (Å²) < 4.78 is 8.59. The number of fused-ring (bicyclic) bond motifs is 1. The smallest absolute Gasteiger partial charge is 0.328 e. The van der Waals surface area contributed by atoms with Gasteiger partial charge in [-0.15, -0.1) is 0 Å². The number of benzene rings is 2. The van der Waals surface area contributed by atoms with Crippen LogP contribution in [-0.4, -0.2) is 23.6 Å². The van der Waals surface area contributed by atoms with Crippen molar-refractivity contribution >= 4 is 49.4 Å². The molecule has 0 spiro atoms. The zero-order chi connectivity index (χ0) is 19.6. The Kier molecular flexibility index (Phi) is 5.92. The van der Waals surface area contributed by atoms with Gasteiger partial charge in [0.1, 0.15) is 6.04 Å². The van der Waals surface area contributed by atoms with Crippen LogP contribution in [-0.2, 0) is 9.53 Å². The van der Waals surface area contributed by atoms with Gasteiger partial charge in [0.05, 0.1) is 17.3 Å². The van der Waals surface area contributed by atoms with Crippen LogP contribution in [0.5, 0.6) is 0 Å². The summed E-state index contributed by atoms with van der Waals surface area (Å²) in [5, 5.41) is 0. The summed E-state index contributed by atoms with van der Waals surface area (Å²) in [6.07, 6.45) is 0.525. The molecule has 0 bridgehead atoms. The van der Waals surface area contributed by atoms with Crippen molar-refractivity contribution in [3.63, 3.8) is 0 Å². The van der Waals surface area contributed by atoms with E-state index in [4.69, 9.17) is 4.74 Å². The van der Waals surface area contributed by atoms with Gasteiger partial charge in [-0.05, 0) is 43.7 Å². The first-order chi connectivity index (χ1) is 12.9. The lowest BCUT2D eigenvalue weighted by Crippen LogP contribution is -2.28. The van der Waals surface area contributed by atoms with Crippen molar-refractivity contribution < 1.29 is 14.3 Å². The average Bonchev–Trinajstić information content (AvgIpc) is 3.00. The van der Waals surface area contributed by atoms with Gasteiger partial charge in [0, 0.05) is 10.0 Å². The third kappa shape index (κ3) is 4.04. The monoisotopic (exact) mass is 446 g/mol. The molecule has 1 amide bonds. The molecular weight excluding hydrogens is 428 g/mol. The molecule has 5 nitrogen and oxygen atoms in total. The van der Waals surface area contributed by atoms with E-state index in [1.165, 1.54) is 18.4 Å². The fourth-order valence-electron chi connectivity index (χ4n) is 2.83. The predicted molar refractivity (Wildman–Crippen MR) is 110 cm³/mol. The maximum Gasteiger partial charge on any atom is 0.328 e. The number of aryl methyl sites for hydroxylation is 1. The highest BCUT2D eigenvalue weighted by molar-refractivity contribution is 9.10. The first-order valence-corrected chi connectivity index (χ1v) is 10.1. The number of thiazole rings is 1. The van der Waals surface area contributed by atoms with Crippen molar-refractivity contribution in [3.05, 3.63) is 62.9 Å². The zero-order valence-corrected chi connectivity index (χ0v) is 17.6. The molecule has 0 saturated heterocycles. The van der Waals surface area contributed by atoms with Crippen LogP contribution < -0.4 is 4.80 Å². The second-order valence-corrected chi connectivity index (χ2v) is 8.02. The van der Waals surface area contributed by atoms with Crippen LogP contribution in [0.15, 0.2) is 51.9 Å². The minimum atomic E-state index is -0.553. The Morgan fingerprint density at radius 3 is 2.56 bits per heavy atom. The highest BCUT2D eigenvalue weighted by Gasteiger charge is 2.23. The summed E-state index contributed by atoms with van der Waals surface area (Å²) >= 11 is 4.85. The Labute approximate surface area is 169 Å². The molecule has 0 saturated carbocycles. The Bertz CT molecular complexity index is 1070. The number of esters is 1. The lowest BCUT2D eigenvalue weighted by atomic mass is 10.1. The molecule has 3 aromatic rings. The molecule has 2 aromatic carbocycles. The molecular formula is C20H19BrN2O3S. The van der Waals surface area contributed by atoms with E-state index in [-0.39, 0.29) is 11.9 Å². The largest absolute Gasteiger partial charge is 0.467 e. The summed E-state index contributed by atoms with van der Waals surface area (Å²) in [5.41, 5.74) is 2.42. The number of halogens is 1. The van der Waals surface area contributed by atoms with E-state index in [2.05, 4.69) is 20.9 Å². The second-order valence-electron chi connectivity index (χ2n) is 6.10. The molecule has 3 rings (SSSR count). The average molecular weight is 447 g/mol. The van der Waals surface area contributed by atoms with Gasteiger partial charge in [-0.1, -0.05) is 51.9 Å². The summed E-state index contributed by atoms with van der Waals surface area (Å²) in [6.45, 7) is 3.87. The van der Waals surface area contributed by atoms with Gasteiger partial charge in [-0.2, -0.15) is 4.99 Å². The van der Waals surface area contributed by atoms with Crippen molar-refractivity contribution in [3.8, 4) is 0 Å². The fraction of sp³-hybridized carbons (Fsp3) is 0.250. The number of nitrogens with zero attached hydrogens (tertiary/aromatic N) is 2. The van der Waals surface area contributed by atoms with Gasteiger partial charge < -0.3 is 9.30 Å². The first kappa shape index (κ1) is 19.5. The standard InChI is InChI=1S/C20H19BrN2O3S/c1-4-15(19(25)26-3)23-16-11-14(21)9-10-17(16)27-20(23)22-18(24)13-7-5-12(2)6-8-13/h5-11,15H,4H2,1-3H3/b22-20-. The molecule has 0 N–H and O–H groups in total. The minimum absolute atomic E-state index is 0.339. The molecule has 0 aliphatic heterocycles. The van der Waals surface area contributed by atoms with Gasteiger partial charge >= 0.3 is 5.97 Å². The van der Waals surface area contributed by atoms with Crippen LogP contribution in [0.4, 0.5) is 0 Å². The molecule has 1 aromatic heterocycles. The van der Waals surface area contributed by atoms with Gasteiger partial charge in [0.15, 0.2) is 4.80 Å². The van der Waals surface area contributed by atoms with Gasteiger partial charge in [0.25, 0.3) is 5.91 Å². The normalized spacial score (nSPS) is 13.0. The molecule has 1 heterocycles. The highest BCUT2D eigenvalue weighted by Crippen LogP contribution is 2.26. The van der Waals surface area contributed by atoms with Crippen LogP contribution in [0.2, 0.25) is 0 Å². The fourth-order valence-corrected chi connectivity index (χ4v) is 4.23. The number of aromatic nitrogens is 1. The topological polar surface area (TPSA) is 60.7 Å². The van der Waals surface area contributed by atoms with Crippen LogP contribution in [0.25, 0.3) is 10.2 Å². The van der Waals surface area contributed by atoms with E-state index >= 15 is 0 Å². The Morgan fingerprint density at radius 1 is 1.22 bits per heavy atom. The van der Waals surface area contributed by atoms with Crippen LogP contribution >= 0.6 is 27.3 Å². The third-order valence-corrected chi connectivity index (χ3v) is 5.78. The number of ether oxygens (including phenoxy) is 1. The number of methoxy groups -OCH3 is 1. The van der Waals surface area contributed by atoms with E-state index in [0.29, 0.717) is 16.8 Å². The molecule has 1 unspecified atom stereocenters. The van der Waals surface area contributed by atoms with Crippen LogP contribution in [0.3, 0.4) is 0 Å². The van der Waals surface area contributed by atoms with E-state index in [0.717, 1.165) is 20.3 Å². The number of carbonyl (C=O) groups is 2. The van der Waals surface area contributed by atoms with E-state index < -0.39 is 6.04 Å². The first-order valence-electron chi connectivity index (χ1n) is 8.48. The molecule has 27 heavy (non-hydrogen) atoms. The number of amides is 1. The lowest BCUT2D eigenvalue weighted by Gasteiger charge is -2.15. The summed E-state index contributed by atoms with van der Waals surface area (Å²) in [6, 6.07) is 12.5. The Morgan fingerprint density at radius 2 is 1.93 bits per heavy atom. The highest BCUT2D eigenvalue weighted by atomic mass is 79.9. The quantitative estimate of drug-likeness (QED) is 0.548. The van der Waals surface area contributed by atoms with Gasteiger partial charge in [0.2, 0.25) is 0 Å². The van der Waals surface area contributed by atoms with E-state index in [9.17, 15) is 9.59 Å². The summed E-state index contributed by atoms with van der Waals surface area (Å²) in [7, 11) is 1.37. The molecule has 0 aliphatic rings. The Balaban J connectivity index is 2.22. The van der Waals surface area contributed by atoms with E-state index in [1.807, 2.05) is 44.2 Å². The predicted octanol–water partition coefficient (Wildman–Crippen LogP) is 4.64. The van der Waals surface area contributed by atoms with E-state index in [1.54, 1.807) is 16.7 Å². The van der Waals surface area contributed by atoms with Crippen LogP contribution in [0, 0.1) is 6.92 Å². The second kappa shape index (κ2) is 8.19. The number of hydrogen-bond acceptors (Lipinski definition) is 4. The SMILES string of the molecule is CCC(C(=O)OC)n1/c(=N/C(=O)c2ccc(C)cc2)sc2ccc(Br)cc21. The number of hydrogen-bond donors (Lipinski definition) is 0. The number of carbonyl (C=O) groups excluding carboxylic acids is 2. The van der Waals surface area contributed by atoms with Crippen molar-refractivity contribution in [2.45, 2.75) is 26.3 Å². The van der Waals surface area contributed by atoms with Crippen molar-refractivity contribution in [1.82, 2.24) is 4.57 Å². The zero-order valence-electron chi connectivity index (χ0n) is 15.2. The molecule has 140 valence electrons. The molecule has 1 atom stereocenters. The van der Waals surface area contributed by atoms with Gasteiger partial charge in [-0.25, -0.2) is 4.79 Å². The van der Waals surface area contributed by atoms with Crippen molar-refractivity contribution in [2.75, 3.05) is 7.11 Å². The van der Waals surface area contributed by atoms with Crippen molar-refractivity contribution in [1.29, 1.82) is 0 Å². The summed E-state index contributed by atoms with van der Waals surface area (Å²) in [4.78, 5) is 29.8. The maximum atomic E-state index is 12.7. The Hall–Kier alpha value is -2.25. The van der Waals surface area contributed by atoms with Gasteiger partial charge in [-0.3, -0.25) is 4.79 Å². The van der Waals surface area contributed by atoms with Crippen LogP contribution in [0.1, 0.15) is 35.3 Å². The molecule has 0 radical (unpaired) electrons.